The van der Waals surface area contributed by atoms with E-state index in [0.717, 1.165) is 12.8 Å². The molecule has 0 atom stereocenters. The summed E-state index contributed by atoms with van der Waals surface area (Å²) in [6.07, 6.45) is 20.0. The van der Waals surface area contributed by atoms with Gasteiger partial charge in [-0.3, -0.25) is 12.2 Å². The molecule has 2 aromatic heterocycles. The molecule has 2 N–H and O–H groups in total. The Balaban J connectivity index is 0.000000278. The minimum Gasteiger partial charge on any atom is -0.499 e. The van der Waals surface area contributed by atoms with Crippen LogP contribution in [0.1, 0.15) is 12.8 Å². The van der Waals surface area contributed by atoms with Gasteiger partial charge in [0.25, 0.3) is 0 Å². The Hall–Kier alpha value is -1.16. The van der Waals surface area contributed by atoms with Crippen molar-refractivity contribution in [1.29, 1.82) is 0 Å². The molecule has 0 spiro atoms. The van der Waals surface area contributed by atoms with E-state index in [0.29, 0.717) is 10.1 Å². The van der Waals surface area contributed by atoms with Crippen LogP contribution in [0.5, 0.6) is 10.1 Å². The molecular formula is C18H18O2S2Zr. The second-order valence-corrected chi connectivity index (χ2v) is 5.76. The van der Waals surface area contributed by atoms with Crippen molar-refractivity contribution >= 4 is 22.7 Å². The largest absolute Gasteiger partial charge is 2.00 e. The number of thiophene rings is 2. The summed E-state index contributed by atoms with van der Waals surface area (Å²) in [5, 5.41) is 21.4. The quantitative estimate of drug-likeness (QED) is 0.550. The molecule has 0 aliphatic heterocycles. The number of rotatable bonds is 0. The molecule has 2 heterocycles. The van der Waals surface area contributed by atoms with Gasteiger partial charge in [0, 0.05) is 0 Å². The van der Waals surface area contributed by atoms with Crippen molar-refractivity contribution in [2.75, 3.05) is 0 Å². The van der Waals surface area contributed by atoms with E-state index >= 15 is 0 Å². The number of hydrogen-bond acceptors (Lipinski definition) is 4. The second kappa shape index (κ2) is 15.7. The maximum Gasteiger partial charge on any atom is 2.00 e. The molecule has 0 bridgehead atoms. The van der Waals surface area contributed by atoms with Crippen molar-refractivity contribution in [3.8, 4) is 10.1 Å². The monoisotopic (exact) mass is 420 g/mol. The molecule has 2 aliphatic rings. The zero-order chi connectivity index (χ0) is 15.9. The standard InChI is InChI=1S/2C5H5.2C4H4OS.Zr/c2*1-2-4-5-3-1;2*5-4-2-1-3-6-4;/h2*1-3H,4H2;2*1-3,5H;/q2*-1;;;+2. The summed E-state index contributed by atoms with van der Waals surface area (Å²) in [4.78, 5) is 0. The Kier molecular flexibility index (Phi) is 14.9. The van der Waals surface area contributed by atoms with Crippen LogP contribution in [0, 0.1) is 12.2 Å². The van der Waals surface area contributed by atoms with Crippen molar-refractivity contribution in [3.63, 3.8) is 0 Å². The predicted molar refractivity (Wildman–Crippen MR) is 95.1 cm³/mol. The normalized spacial score (nSPS) is 12.2. The Morgan fingerprint density at radius 1 is 0.783 bits per heavy atom. The summed E-state index contributed by atoms with van der Waals surface area (Å²) in [5.41, 5.74) is 0. The molecule has 0 aromatic carbocycles. The molecule has 2 nitrogen and oxygen atoms in total. The van der Waals surface area contributed by atoms with Gasteiger partial charge in [-0.2, -0.15) is 12.2 Å². The molecule has 2 aromatic rings. The van der Waals surface area contributed by atoms with Gasteiger partial charge in [-0.15, -0.1) is 35.5 Å². The summed E-state index contributed by atoms with van der Waals surface area (Å²) >= 11 is 2.67. The van der Waals surface area contributed by atoms with Crippen LogP contribution < -0.4 is 0 Å². The van der Waals surface area contributed by atoms with Crippen LogP contribution >= 0.6 is 22.7 Å². The van der Waals surface area contributed by atoms with Crippen molar-refractivity contribution in [3.05, 3.63) is 83.6 Å². The zero-order valence-corrected chi connectivity index (χ0v) is 16.6. The van der Waals surface area contributed by atoms with E-state index in [4.69, 9.17) is 10.2 Å². The first-order valence-corrected chi connectivity index (χ1v) is 8.43. The number of allylic oxidation sites excluding steroid dienone is 8. The van der Waals surface area contributed by atoms with Crippen LogP contribution in [0.3, 0.4) is 0 Å². The Bertz CT molecular complexity index is 508. The third-order valence-electron chi connectivity index (χ3n) is 2.18. The molecule has 23 heavy (non-hydrogen) atoms. The zero-order valence-electron chi connectivity index (χ0n) is 12.6. The van der Waals surface area contributed by atoms with Gasteiger partial charge in [-0.1, -0.05) is 0 Å². The molecule has 0 unspecified atom stereocenters. The topological polar surface area (TPSA) is 40.5 Å². The summed E-state index contributed by atoms with van der Waals surface area (Å²) in [6, 6.07) is 6.93. The minimum atomic E-state index is 0. The molecule has 5 heteroatoms. The van der Waals surface area contributed by atoms with Crippen molar-refractivity contribution < 1.29 is 36.4 Å². The van der Waals surface area contributed by atoms with E-state index in [1.807, 2.05) is 35.1 Å². The van der Waals surface area contributed by atoms with Gasteiger partial charge in [0.1, 0.15) is 0 Å². The van der Waals surface area contributed by atoms with Gasteiger partial charge in [-0.05, 0) is 35.0 Å². The first-order valence-electron chi connectivity index (χ1n) is 6.67. The molecule has 4 rings (SSSR count). The smallest absolute Gasteiger partial charge is 0.499 e. The Labute approximate surface area is 165 Å². The van der Waals surface area contributed by atoms with Gasteiger partial charge in [0.2, 0.25) is 0 Å². The van der Waals surface area contributed by atoms with Crippen LogP contribution in [-0.4, -0.2) is 10.2 Å². The van der Waals surface area contributed by atoms with Crippen LogP contribution in [0.25, 0.3) is 0 Å². The third-order valence-corrected chi connectivity index (χ3v) is 3.53. The summed E-state index contributed by atoms with van der Waals surface area (Å²) in [5.74, 6) is 0. The molecule has 2 aliphatic carbocycles. The fourth-order valence-electron chi connectivity index (χ4n) is 1.22. The van der Waals surface area contributed by atoms with E-state index in [-0.39, 0.29) is 26.2 Å². The Morgan fingerprint density at radius 3 is 1.30 bits per heavy atom. The fourth-order valence-corrected chi connectivity index (χ4v) is 2.13. The maximum absolute atomic E-state index is 8.49. The maximum atomic E-state index is 8.49. The molecule has 0 radical (unpaired) electrons. The summed E-state index contributed by atoms with van der Waals surface area (Å²) in [7, 11) is 0. The van der Waals surface area contributed by atoms with Crippen LogP contribution in [0.2, 0.25) is 0 Å². The van der Waals surface area contributed by atoms with E-state index in [2.05, 4.69) is 24.3 Å². The predicted octanol–water partition coefficient (Wildman–Crippen LogP) is 5.52. The van der Waals surface area contributed by atoms with Crippen LogP contribution in [0.4, 0.5) is 0 Å². The van der Waals surface area contributed by atoms with Gasteiger partial charge in [0.15, 0.2) is 10.1 Å². The summed E-state index contributed by atoms with van der Waals surface area (Å²) in [6.45, 7) is 0. The minimum absolute atomic E-state index is 0. The average Bonchev–Trinajstić information content (AvgIpc) is 3.32. The van der Waals surface area contributed by atoms with Crippen molar-refractivity contribution in [1.82, 2.24) is 0 Å². The average molecular weight is 422 g/mol. The third kappa shape index (κ3) is 14.2. The van der Waals surface area contributed by atoms with Crippen molar-refractivity contribution in [2.45, 2.75) is 12.8 Å². The van der Waals surface area contributed by atoms with Gasteiger partial charge >= 0.3 is 26.2 Å². The van der Waals surface area contributed by atoms with E-state index < -0.39 is 0 Å². The first kappa shape index (κ1) is 21.8. The Morgan fingerprint density at radius 2 is 1.22 bits per heavy atom. The molecule has 0 saturated heterocycles. The van der Waals surface area contributed by atoms with Gasteiger partial charge in [-0.25, -0.2) is 24.3 Å². The molecule has 0 saturated carbocycles. The van der Waals surface area contributed by atoms with Crippen molar-refractivity contribution in [2.24, 2.45) is 0 Å². The first-order chi connectivity index (χ1) is 10.8. The van der Waals surface area contributed by atoms with E-state index in [1.165, 1.54) is 22.7 Å². The van der Waals surface area contributed by atoms with Crippen LogP contribution in [0.15, 0.2) is 71.5 Å². The molecular weight excluding hydrogens is 404 g/mol. The van der Waals surface area contributed by atoms with E-state index in [1.54, 1.807) is 24.3 Å². The second-order valence-electron chi connectivity index (χ2n) is 3.91. The molecule has 0 amide bonds. The fraction of sp³-hybridized carbons (Fsp3) is 0.111. The van der Waals surface area contributed by atoms with Gasteiger partial charge < -0.3 is 10.2 Å². The number of aromatic hydroxyl groups is 2. The summed E-state index contributed by atoms with van der Waals surface area (Å²) < 4.78 is 0. The molecule has 0 fully saturated rings. The van der Waals surface area contributed by atoms with E-state index in [9.17, 15) is 0 Å². The van der Waals surface area contributed by atoms with Gasteiger partial charge in [0.05, 0.1) is 0 Å². The molecule has 118 valence electrons. The SMILES string of the molecule is Oc1cccs1.Oc1cccs1.[C-]1=CC=CC1.[C-]1=CC=CC1.[Zr+2]. The van der Waals surface area contributed by atoms with Crippen LogP contribution in [-0.2, 0) is 26.2 Å². The number of hydrogen-bond donors (Lipinski definition) is 2.